The summed E-state index contributed by atoms with van der Waals surface area (Å²) in [5.74, 6) is -1.72. The van der Waals surface area contributed by atoms with E-state index in [0.717, 1.165) is 0 Å². The van der Waals surface area contributed by atoms with Crippen LogP contribution in [0, 0.1) is 0 Å². The van der Waals surface area contributed by atoms with Gasteiger partial charge in [0.15, 0.2) is 0 Å². The number of halogens is 1. The number of para-hydroxylation sites is 1. The van der Waals surface area contributed by atoms with Crippen molar-refractivity contribution in [3.8, 4) is 0 Å². The Kier molecular flexibility index (Phi) is 2.58. The predicted octanol–water partition coefficient (Wildman–Crippen LogP) is 0.604. The van der Waals surface area contributed by atoms with Gasteiger partial charge in [-0.2, -0.15) is 8.42 Å². The first-order valence-corrected chi connectivity index (χ1v) is 5.92. The summed E-state index contributed by atoms with van der Waals surface area (Å²) in [5.41, 5.74) is -0.0441. The summed E-state index contributed by atoms with van der Waals surface area (Å²) in [6, 6.07) is 5.48. The molecule has 0 fully saturated rings. The molecule has 0 saturated heterocycles. The van der Waals surface area contributed by atoms with Crippen molar-refractivity contribution in [2.75, 3.05) is 4.90 Å². The number of carboxylic acids is 1. The van der Waals surface area contributed by atoms with E-state index in [0.29, 0.717) is 11.2 Å². The van der Waals surface area contributed by atoms with Crippen molar-refractivity contribution in [3.05, 3.63) is 24.3 Å². The minimum absolute atomic E-state index is 0.0441. The summed E-state index contributed by atoms with van der Waals surface area (Å²) in [5, 5.41) is 8.56. The Morgan fingerprint density at radius 1 is 1.41 bits per heavy atom. The van der Waals surface area contributed by atoms with Gasteiger partial charge in [-0.25, -0.2) is 9.18 Å². The second kappa shape index (κ2) is 3.81. The summed E-state index contributed by atoms with van der Waals surface area (Å²) in [6.45, 7) is 0. The van der Waals surface area contributed by atoms with Crippen molar-refractivity contribution >= 4 is 28.0 Å². The van der Waals surface area contributed by atoms with E-state index in [2.05, 4.69) is 4.40 Å². The van der Waals surface area contributed by atoms with Crippen LogP contribution in [-0.4, -0.2) is 32.1 Å². The number of carboxylic acid groups (broad SMARTS) is 1. The lowest BCUT2D eigenvalue weighted by atomic mass is 10.3. The van der Waals surface area contributed by atoms with Crippen LogP contribution in [0.1, 0.15) is 0 Å². The molecule has 1 aromatic rings. The number of benzene rings is 1. The van der Waals surface area contributed by atoms with Gasteiger partial charge in [0.05, 0.1) is 5.69 Å². The molecule has 1 unspecified atom stereocenters. The number of sulfonamides is 1. The van der Waals surface area contributed by atoms with Crippen molar-refractivity contribution in [3.63, 3.8) is 0 Å². The van der Waals surface area contributed by atoms with E-state index in [1.807, 2.05) is 0 Å². The number of nitrogens with zero attached hydrogens (tertiary/aromatic N) is 2. The quantitative estimate of drug-likeness (QED) is 0.785. The monoisotopic (exact) mass is 258 g/mol. The fourth-order valence-corrected chi connectivity index (χ4v) is 2.45. The third kappa shape index (κ3) is 1.86. The molecular weight excluding hydrogens is 251 g/mol. The number of anilines is 1. The van der Waals surface area contributed by atoms with Gasteiger partial charge in [-0.05, 0) is 12.1 Å². The molecule has 0 amide bonds. The summed E-state index contributed by atoms with van der Waals surface area (Å²) >= 11 is 0. The highest BCUT2D eigenvalue weighted by Crippen LogP contribution is 2.30. The molecule has 1 heterocycles. The minimum Gasteiger partial charge on any atom is -0.478 e. The highest BCUT2D eigenvalue weighted by Gasteiger charge is 2.32. The van der Waals surface area contributed by atoms with Crippen LogP contribution in [0.3, 0.4) is 0 Å². The standard InChI is InChI=1S/C9H7FN2O4S/c10-8(9(13)14)12-5-11-17(15,16)7-4-2-1-3-6(7)12/h1-5,8H,(H,13,14). The largest absolute Gasteiger partial charge is 0.478 e. The molecule has 0 aromatic heterocycles. The van der Waals surface area contributed by atoms with Gasteiger partial charge in [-0.1, -0.05) is 12.1 Å². The molecule has 2 rings (SSSR count). The number of aliphatic carboxylic acids is 1. The van der Waals surface area contributed by atoms with Gasteiger partial charge in [0.25, 0.3) is 16.3 Å². The van der Waals surface area contributed by atoms with Crippen molar-refractivity contribution in [2.45, 2.75) is 11.2 Å². The molecule has 0 spiro atoms. The van der Waals surface area contributed by atoms with Crippen molar-refractivity contribution in [1.82, 2.24) is 0 Å². The Morgan fingerprint density at radius 2 is 2.06 bits per heavy atom. The molecular formula is C9H7FN2O4S. The topological polar surface area (TPSA) is 87.0 Å². The van der Waals surface area contributed by atoms with Gasteiger partial charge in [-0.3, -0.25) is 4.90 Å². The number of hydrogen-bond donors (Lipinski definition) is 1. The first-order chi connectivity index (χ1) is 7.93. The molecule has 8 heteroatoms. The molecule has 1 N–H and O–H groups in total. The van der Waals surface area contributed by atoms with Gasteiger partial charge >= 0.3 is 5.97 Å². The van der Waals surface area contributed by atoms with Gasteiger partial charge in [0.1, 0.15) is 11.2 Å². The average molecular weight is 258 g/mol. The van der Waals surface area contributed by atoms with Crippen molar-refractivity contribution < 1.29 is 22.7 Å². The van der Waals surface area contributed by atoms with E-state index in [9.17, 15) is 17.6 Å². The summed E-state index contributed by atoms with van der Waals surface area (Å²) in [4.78, 5) is 11.0. The van der Waals surface area contributed by atoms with Gasteiger partial charge in [0, 0.05) is 0 Å². The van der Waals surface area contributed by atoms with Crippen LogP contribution in [0.5, 0.6) is 0 Å². The normalized spacial score (nSPS) is 18.5. The lowest BCUT2D eigenvalue weighted by Crippen LogP contribution is -2.39. The molecule has 17 heavy (non-hydrogen) atoms. The van der Waals surface area contributed by atoms with Crippen LogP contribution in [0.4, 0.5) is 10.1 Å². The first-order valence-electron chi connectivity index (χ1n) is 4.48. The zero-order valence-corrected chi connectivity index (χ0v) is 9.13. The third-order valence-corrected chi connectivity index (χ3v) is 3.45. The average Bonchev–Trinajstić information content (AvgIpc) is 2.28. The van der Waals surface area contributed by atoms with Crippen LogP contribution in [-0.2, 0) is 14.8 Å². The summed E-state index contributed by atoms with van der Waals surface area (Å²) < 4.78 is 39.6. The third-order valence-electron chi connectivity index (χ3n) is 2.18. The molecule has 0 bridgehead atoms. The zero-order chi connectivity index (χ0) is 12.6. The smallest absolute Gasteiger partial charge is 0.359 e. The minimum atomic E-state index is -3.87. The highest BCUT2D eigenvalue weighted by molar-refractivity contribution is 7.90. The summed E-state index contributed by atoms with van der Waals surface area (Å²) in [7, 11) is -3.87. The molecule has 6 nitrogen and oxygen atoms in total. The first kappa shape index (κ1) is 11.5. The van der Waals surface area contributed by atoms with Crippen molar-refractivity contribution in [1.29, 1.82) is 0 Å². The van der Waals surface area contributed by atoms with Crippen LogP contribution >= 0.6 is 0 Å². The molecule has 1 atom stereocenters. The maximum atomic E-state index is 13.4. The van der Waals surface area contributed by atoms with Crippen LogP contribution in [0.2, 0.25) is 0 Å². The molecule has 1 aromatic carbocycles. The SMILES string of the molecule is O=C(O)C(F)N1C=NS(=O)(=O)c2ccccc21. The lowest BCUT2D eigenvalue weighted by Gasteiger charge is -2.25. The molecule has 90 valence electrons. The molecule has 0 saturated carbocycles. The van der Waals surface area contributed by atoms with Crippen LogP contribution < -0.4 is 4.90 Å². The fraction of sp³-hybridized carbons (Fsp3) is 0.111. The second-order valence-electron chi connectivity index (χ2n) is 3.24. The zero-order valence-electron chi connectivity index (χ0n) is 8.32. The number of hydrogen-bond acceptors (Lipinski definition) is 4. The second-order valence-corrected chi connectivity index (χ2v) is 4.85. The van der Waals surface area contributed by atoms with E-state index in [-0.39, 0.29) is 10.6 Å². The van der Waals surface area contributed by atoms with E-state index in [1.54, 1.807) is 0 Å². The molecule has 0 radical (unpaired) electrons. The van der Waals surface area contributed by atoms with E-state index >= 15 is 0 Å². The van der Waals surface area contributed by atoms with Gasteiger partial charge in [0.2, 0.25) is 0 Å². The number of rotatable bonds is 2. The molecule has 0 aliphatic carbocycles. The van der Waals surface area contributed by atoms with Gasteiger partial charge in [-0.15, -0.1) is 4.40 Å². The number of alkyl halides is 1. The van der Waals surface area contributed by atoms with Crippen molar-refractivity contribution in [2.24, 2.45) is 4.40 Å². The van der Waals surface area contributed by atoms with Crippen LogP contribution in [0.25, 0.3) is 0 Å². The lowest BCUT2D eigenvalue weighted by molar-refractivity contribution is -0.142. The number of carbonyl (C=O) groups is 1. The van der Waals surface area contributed by atoms with E-state index < -0.39 is 22.3 Å². The van der Waals surface area contributed by atoms with Gasteiger partial charge < -0.3 is 5.11 Å². The number of fused-ring (bicyclic) bond motifs is 1. The van der Waals surface area contributed by atoms with Crippen LogP contribution in [0.15, 0.2) is 33.6 Å². The molecule has 1 aliphatic heterocycles. The Hall–Kier alpha value is -1.96. The Bertz CT molecular complexity index is 599. The predicted molar refractivity (Wildman–Crippen MR) is 57.1 cm³/mol. The Balaban J connectivity index is 2.58. The van der Waals surface area contributed by atoms with E-state index in [1.165, 1.54) is 24.3 Å². The van der Waals surface area contributed by atoms with E-state index in [4.69, 9.17) is 5.11 Å². The Labute approximate surface area is 96.1 Å². The Morgan fingerprint density at radius 3 is 2.71 bits per heavy atom. The maximum Gasteiger partial charge on any atom is 0.359 e. The fourth-order valence-electron chi connectivity index (χ4n) is 1.42. The maximum absolute atomic E-state index is 13.4. The summed E-state index contributed by atoms with van der Waals surface area (Å²) in [6.07, 6.45) is -1.72. The molecule has 1 aliphatic rings. The highest BCUT2D eigenvalue weighted by atomic mass is 32.2.